The molecule has 0 spiro atoms. The fraction of sp³-hybridized carbons (Fsp3) is 0.0909. The SMILES string of the molecule is NCc1cnc(-c2cccnc2)c(Cl)c1. The van der Waals surface area contributed by atoms with Crippen LogP contribution >= 0.6 is 11.6 Å². The lowest BCUT2D eigenvalue weighted by Gasteiger charge is -2.04. The van der Waals surface area contributed by atoms with E-state index in [9.17, 15) is 0 Å². The topological polar surface area (TPSA) is 51.8 Å². The molecule has 76 valence electrons. The maximum absolute atomic E-state index is 6.10. The second-order valence-corrected chi connectivity index (χ2v) is 3.53. The molecule has 0 saturated carbocycles. The molecule has 2 heterocycles. The summed E-state index contributed by atoms with van der Waals surface area (Å²) in [7, 11) is 0. The van der Waals surface area contributed by atoms with Crippen molar-refractivity contribution in [2.24, 2.45) is 5.73 Å². The van der Waals surface area contributed by atoms with E-state index in [0.717, 1.165) is 16.8 Å². The van der Waals surface area contributed by atoms with Crippen molar-refractivity contribution < 1.29 is 0 Å². The van der Waals surface area contributed by atoms with Crippen LogP contribution in [0.4, 0.5) is 0 Å². The largest absolute Gasteiger partial charge is 0.326 e. The summed E-state index contributed by atoms with van der Waals surface area (Å²) in [6, 6.07) is 5.60. The Morgan fingerprint density at radius 2 is 2.20 bits per heavy atom. The van der Waals surface area contributed by atoms with Crippen molar-refractivity contribution in [2.45, 2.75) is 6.54 Å². The molecule has 0 aliphatic heterocycles. The first-order valence-electron chi connectivity index (χ1n) is 4.56. The summed E-state index contributed by atoms with van der Waals surface area (Å²) in [4.78, 5) is 8.29. The van der Waals surface area contributed by atoms with Crippen LogP contribution < -0.4 is 5.73 Å². The maximum Gasteiger partial charge on any atom is 0.0903 e. The van der Waals surface area contributed by atoms with Gasteiger partial charge in [-0.2, -0.15) is 0 Å². The number of hydrogen-bond acceptors (Lipinski definition) is 3. The van der Waals surface area contributed by atoms with Crippen molar-refractivity contribution in [3.05, 3.63) is 47.4 Å². The van der Waals surface area contributed by atoms with Gasteiger partial charge in [0, 0.05) is 30.7 Å². The average Bonchev–Trinajstić information content (AvgIpc) is 2.30. The van der Waals surface area contributed by atoms with Crippen LogP contribution in [-0.4, -0.2) is 9.97 Å². The van der Waals surface area contributed by atoms with Gasteiger partial charge in [0.1, 0.15) is 0 Å². The molecule has 0 atom stereocenters. The van der Waals surface area contributed by atoms with E-state index < -0.39 is 0 Å². The Kier molecular flexibility index (Phi) is 2.94. The highest BCUT2D eigenvalue weighted by Gasteiger charge is 2.05. The highest BCUT2D eigenvalue weighted by Crippen LogP contribution is 2.25. The smallest absolute Gasteiger partial charge is 0.0903 e. The average molecular weight is 220 g/mol. The summed E-state index contributed by atoms with van der Waals surface area (Å²) in [5.74, 6) is 0. The molecule has 0 aromatic carbocycles. The highest BCUT2D eigenvalue weighted by molar-refractivity contribution is 6.33. The minimum Gasteiger partial charge on any atom is -0.326 e. The summed E-state index contributed by atoms with van der Waals surface area (Å²) >= 11 is 6.10. The standard InChI is InChI=1S/C11H10ClN3/c12-10-4-8(5-13)6-15-11(10)9-2-1-3-14-7-9/h1-4,6-7H,5,13H2. The van der Waals surface area contributed by atoms with Crippen LogP contribution in [0.1, 0.15) is 5.56 Å². The van der Waals surface area contributed by atoms with Gasteiger partial charge >= 0.3 is 0 Å². The molecule has 2 aromatic heterocycles. The highest BCUT2D eigenvalue weighted by atomic mass is 35.5. The van der Waals surface area contributed by atoms with E-state index >= 15 is 0 Å². The first-order chi connectivity index (χ1) is 7.31. The van der Waals surface area contributed by atoms with Crippen molar-refractivity contribution in [3.8, 4) is 11.3 Å². The van der Waals surface area contributed by atoms with E-state index in [0.29, 0.717) is 11.6 Å². The molecule has 0 unspecified atom stereocenters. The molecule has 0 bridgehead atoms. The Morgan fingerprint density at radius 3 is 2.80 bits per heavy atom. The number of rotatable bonds is 2. The summed E-state index contributed by atoms with van der Waals surface area (Å²) in [6.07, 6.45) is 5.18. The van der Waals surface area contributed by atoms with Gasteiger partial charge in [0.15, 0.2) is 0 Å². The Balaban J connectivity index is 2.46. The molecule has 4 heteroatoms. The Hall–Kier alpha value is -1.45. The van der Waals surface area contributed by atoms with Gasteiger partial charge in [0.05, 0.1) is 10.7 Å². The number of nitrogens with two attached hydrogens (primary N) is 1. The number of hydrogen-bond donors (Lipinski definition) is 1. The third kappa shape index (κ3) is 2.14. The summed E-state index contributed by atoms with van der Waals surface area (Å²) in [5, 5.41) is 0.603. The van der Waals surface area contributed by atoms with E-state index in [1.54, 1.807) is 18.6 Å². The van der Waals surface area contributed by atoms with E-state index in [-0.39, 0.29) is 0 Å². The fourth-order valence-corrected chi connectivity index (χ4v) is 1.60. The van der Waals surface area contributed by atoms with Crippen molar-refractivity contribution in [1.82, 2.24) is 9.97 Å². The van der Waals surface area contributed by atoms with Crippen LogP contribution in [0.2, 0.25) is 5.02 Å². The minimum atomic E-state index is 0.444. The molecular formula is C11H10ClN3. The minimum absolute atomic E-state index is 0.444. The molecule has 2 N–H and O–H groups in total. The normalized spacial score (nSPS) is 10.3. The van der Waals surface area contributed by atoms with Crippen molar-refractivity contribution in [1.29, 1.82) is 0 Å². The molecule has 2 rings (SSSR count). The van der Waals surface area contributed by atoms with Gasteiger partial charge in [-0.15, -0.1) is 0 Å². The van der Waals surface area contributed by atoms with Crippen LogP contribution in [-0.2, 0) is 6.54 Å². The first-order valence-corrected chi connectivity index (χ1v) is 4.94. The van der Waals surface area contributed by atoms with Crippen LogP contribution in [0.15, 0.2) is 36.8 Å². The molecule has 0 saturated heterocycles. The van der Waals surface area contributed by atoms with Gasteiger partial charge in [-0.25, -0.2) is 0 Å². The Morgan fingerprint density at radius 1 is 1.33 bits per heavy atom. The fourth-order valence-electron chi connectivity index (χ4n) is 1.30. The summed E-state index contributed by atoms with van der Waals surface area (Å²) in [6.45, 7) is 0.444. The van der Waals surface area contributed by atoms with Gasteiger partial charge in [0.2, 0.25) is 0 Å². The van der Waals surface area contributed by atoms with Gasteiger partial charge in [-0.1, -0.05) is 11.6 Å². The predicted octanol–water partition coefficient (Wildman–Crippen LogP) is 2.26. The molecule has 0 radical (unpaired) electrons. The quantitative estimate of drug-likeness (QED) is 0.843. The van der Waals surface area contributed by atoms with Gasteiger partial charge in [-0.3, -0.25) is 9.97 Å². The molecule has 0 aliphatic rings. The zero-order chi connectivity index (χ0) is 10.7. The van der Waals surface area contributed by atoms with E-state index in [1.165, 1.54) is 0 Å². The molecular weight excluding hydrogens is 210 g/mol. The third-order valence-electron chi connectivity index (χ3n) is 2.07. The number of pyridine rings is 2. The lowest BCUT2D eigenvalue weighted by molar-refractivity contribution is 1.05. The van der Waals surface area contributed by atoms with Gasteiger partial charge in [-0.05, 0) is 23.8 Å². The third-order valence-corrected chi connectivity index (χ3v) is 2.36. The zero-order valence-corrected chi connectivity index (χ0v) is 8.78. The van der Waals surface area contributed by atoms with E-state index in [2.05, 4.69) is 9.97 Å². The molecule has 3 nitrogen and oxygen atoms in total. The van der Waals surface area contributed by atoms with Crippen LogP contribution in [0.5, 0.6) is 0 Å². The lowest BCUT2D eigenvalue weighted by atomic mass is 10.1. The molecule has 0 aliphatic carbocycles. The monoisotopic (exact) mass is 219 g/mol. The van der Waals surface area contributed by atoms with Crippen molar-refractivity contribution in [2.75, 3.05) is 0 Å². The summed E-state index contributed by atoms with van der Waals surface area (Å²) in [5.41, 5.74) is 8.07. The number of halogens is 1. The maximum atomic E-state index is 6.10. The molecule has 0 fully saturated rings. The molecule has 0 amide bonds. The van der Waals surface area contributed by atoms with Crippen molar-refractivity contribution >= 4 is 11.6 Å². The molecule has 2 aromatic rings. The van der Waals surface area contributed by atoms with Gasteiger partial charge in [0.25, 0.3) is 0 Å². The Bertz CT molecular complexity index is 457. The number of nitrogens with zero attached hydrogens (tertiary/aromatic N) is 2. The van der Waals surface area contributed by atoms with Crippen LogP contribution in [0.3, 0.4) is 0 Å². The lowest BCUT2D eigenvalue weighted by Crippen LogP contribution is -1.97. The second-order valence-electron chi connectivity index (χ2n) is 3.12. The van der Waals surface area contributed by atoms with E-state index in [1.807, 2.05) is 18.2 Å². The first kappa shape index (κ1) is 10.1. The van der Waals surface area contributed by atoms with E-state index in [4.69, 9.17) is 17.3 Å². The number of aromatic nitrogens is 2. The summed E-state index contributed by atoms with van der Waals surface area (Å²) < 4.78 is 0. The Labute approximate surface area is 92.9 Å². The van der Waals surface area contributed by atoms with Crippen LogP contribution in [0, 0.1) is 0 Å². The van der Waals surface area contributed by atoms with Crippen molar-refractivity contribution in [3.63, 3.8) is 0 Å². The second kappa shape index (κ2) is 4.38. The van der Waals surface area contributed by atoms with Crippen LogP contribution in [0.25, 0.3) is 11.3 Å². The zero-order valence-electron chi connectivity index (χ0n) is 8.02. The van der Waals surface area contributed by atoms with Gasteiger partial charge < -0.3 is 5.73 Å². The molecule has 15 heavy (non-hydrogen) atoms. The predicted molar refractivity (Wildman–Crippen MR) is 60.4 cm³/mol.